The first kappa shape index (κ1) is 31.3. The molecule has 19 heteroatoms. The minimum Gasteiger partial charge on any atom is -0.489 e. The number of aryl methyl sites for hydroxylation is 1. The Labute approximate surface area is 248 Å². The highest BCUT2D eigenvalue weighted by atomic mass is 32.2. The number of hydrogen-bond acceptors (Lipinski definition) is 13. The maximum absolute atomic E-state index is 13.0. The summed E-state index contributed by atoms with van der Waals surface area (Å²) < 4.78 is 39.4. The van der Waals surface area contributed by atoms with E-state index in [0.29, 0.717) is 18.8 Å². The fourth-order valence-corrected chi connectivity index (χ4v) is 5.41. The lowest BCUT2D eigenvalue weighted by atomic mass is 10.0. The molecule has 230 valence electrons. The number of benzene rings is 1. The maximum Gasteiger partial charge on any atom is 0.362 e. The van der Waals surface area contributed by atoms with Crippen LogP contribution in [0.5, 0.6) is 5.75 Å². The number of nitrogens with one attached hydrogen (secondary N) is 1. The summed E-state index contributed by atoms with van der Waals surface area (Å²) in [4.78, 5) is 46.1. The molecule has 43 heavy (non-hydrogen) atoms. The first-order valence-electron chi connectivity index (χ1n) is 12.6. The van der Waals surface area contributed by atoms with E-state index >= 15 is 0 Å². The Kier molecular flexibility index (Phi) is 9.59. The zero-order valence-electron chi connectivity index (χ0n) is 22.6. The number of anilines is 1. The van der Waals surface area contributed by atoms with Gasteiger partial charge < -0.3 is 31.5 Å². The Morgan fingerprint density at radius 3 is 2.56 bits per heavy atom. The van der Waals surface area contributed by atoms with Gasteiger partial charge in [0.15, 0.2) is 10.8 Å². The Balaban J connectivity index is 1.42. The number of carbonyl (C=O) groups excluding carboxylic acids is 2. The van der Waals surface area contributed by atoms with Crippen LogP contribution in [-0.2, 0) is 36.1 Å². The SMILES string of the molecule is C[C@@H]1[C@H](NC(=O)/C(=N\OC(COc2ccc(-c3cnn(CCCN)c3)cc2)C(=O)O)c2csc(N)n2)C(=O)N1S(=O)(=O)O. The molecule has 2 amide bonds. The number of oxime groups is 1. The number of carboxylic acids is 1. The molecule has 2 aromatic heterocycles. The van der Waals surface area contributed by atoms with Crippen LogP contribution in [0, 0.1) is 0 Å². The molecule has 7 N–H and O–H groups in total. The molecule has 17 nitrogen and oxygen atoms in total. The average Bonchev–Trinajstić information content (AvgIpc) is 3.61. The van der Waals surface area contributed by atoms with Gasteiger partial charge in [0.05, 0.1) is 12.2 Å². The smallest absolute Gasteiger partial charge is 0.362 e. The number of nitrogen functional groups attached to an aromatic ring is 1. The summed E-state index contributed by atoms with van der Waals surface area (Å²) in [6.07, 6.45) is 2.73. The third-order valence-electron chi connectivity index (χ3n) is 6.21. The lowest BCUT2D eigenvalue weighted by Gasteiger charge is -2.42. The van der Waals surface area contributed by atoms with Crippen molar-refractivity contribution in [2.24, 2.45) is 10.9 Å². The van der Waals surface area contributed by atoms with Crippen LogP contribution in [0.4, 0.5) is 5.13 Å². The van der Waals surface area contributed by atoms with Gasteiger partial charge in [0.1, 0.15) is 24.1 Å². The van der Waals surface area contributed by atoms with E-state index in [1.807, 2.05) is 6.20 Å². The predicted molar refractivity (Wildman–Crippen MR) is 152 cm³/mol. The highest BCUT2D eigenvalue weighted by Gasteiger charge is 2.51. The summed E-state index contributed by atoms with van der Waals surface area (Å²) in [6, 6.07) is 4.40. The van der Waals surface area contributed by atoms with E-state index in [9.17, 15) is 27.9 Å². The molecule has 0 aliphatic carbocycles. The summed E-state index contributed by atoms with van der Waals surface area (Å²) in [5, 5.41) is 21.3. The van der Waals surface area contributed by atoms with Crippen LogP contribution >= 0.6 is 11.3 Å². The van der Waals surface area contributed by atoms with E-state index < -0.39 is 58.6 Å². The van der Waals surface area contributed by atoms with Crippen LogP contribution in [0.25, 0.3) is 11.1 Å². The van der Waals surface area contributed by atoms with Gasteiger partial charge in [-0.25, -0.2) is 14.1 Å². The van der Waals surface area contributed by atoms with Crippen molar-refractivity contribution in [3.05, 3.63) is 47.7 Å². The lowest BCUT2D eigenvalue weighted by Crippen LogP contribution is -2.71. The van der Waals surface area contributed by atoms with Crippen LogP contribution in [0.15, 0.2) is 47.2 Å². The molecule has 1 unspecified atom stereocenters. The number of aromatic nitrogens is 3. The fraction of sp³-hybridized carbons (Fsp3) is 0.333. The van der Waals surface area contributed by atoms with Crippen molar-refractivity contribution in [2.75, 3.05) is 18.9 Å². The van der Waals surface area contributed by atoms with E-state index in [1.54, 1.807) is 35.1 Å². The van der Waals surface area contributed by atoms with E-state index in [0.717, 1.165) is 28.9 Å². The molecule has 1 aliphatic rings. The van der Waals surface area contributed by atoms with Crippen molar-refractivity contribution in [1.29, 1.82) is 0 Å². The molecule has 1 fully saturated rings. The van der Waals surface area contributed by atoms with Crippen LogP contribution in [0.1, 0.15) is 19.0 Å². The number of aliphatic carboxylic acids is 1. The molecule has 3 heterocycles. The first-order chi connectivity index (χ1) is 20.4. The predicted octanol–water partition coefficient (Wildman–Crippen LogP) is -0.291. The highest BCUT2D eigenvalue weighted by molar-refractivity contribution is 7.84. The van der Waals surface area contributed by atoms with Gasteiger partial charge in [0.2, 0.25) is 0 Å². The van der Waals surface area contributed by atoms with E-state index in [1.165, 1.54) is 12.3 Å². The van der Waals surface area contributed by atoms with Crippen LogP contribution < -0.4 is 21.5 Å². The number of nitrogens with zero attached hydrogens (tertiary/aromatic N) is 5. The Morgan fingerprint density at radius 2 is 1.98 bits per heavy atom. The number of carboxylic acid groups (broad SMARTS) is 1. The molecule has 1 saturated heterocycles. The van der Waals surface area contributed by atoms with E-state index in [-0.39, 0.29) is 15.1 Å². The van der Waals surface area contributed by atoms with Gasteiger partial charge in [-0.3, -0.25) is 18.8 Å². The molecule has 3 aromatic rings. The minimum atomic E-state index is -4.82. The fourth-order valence-electron chi connectivity index (χ4n) is 3.98. The normalized spacial score (nSPS) is 17.7. The maximum atomic E-state index is 13.0. The highest BCUT2D eigenvalue weighted by Crippen LogP contribution is 2.24. The summed E-state index contributed by atoms with van der Waals surface area (Å²) in [7, 11) is -4.82. The number of hydrogen-bond donors (Lipinski definition) is 5. The third kappa shape index (κ3) is 7.44. The second-order valence-electron chi connectivity index (χ2n) is 9.22. The van der Waals surface area contributed by atoms with Gasteiger partial charge in [0, 0.05) is 23.7 Å². The molecular formula is C24H28N8O9S2. The Morgan fingerprint density at radius 1 is 1.26 bits per heavy atom. The lowest BCUT2D eigenvalue weighted by molar-refractivity contribution is -0.152. The topological polar surface area (TPSA) is 255 Å². The van der Waals surface area contributed by atoms with Crippen molar-refractivity contribution in [3.8, 4) is 16.9 Å². The number of rotatable bonds is 14. The number of ether oxygens (including phenoxy) is 1. The molecule has 0 bridgehead atoms. The number of carbonyl (C=O) groups is 3. The number of nitrogens with two attached hydrogens (primary N) is 2. The monoisotopic (exact) mass is 636 g/mol. The van der Waals surface area contributed by atoms with Gasteiger partial charge in [0.25, 0.3) is 17.9 Å². The van der Waals surface area contributed by atoms with Gasteiger partial charge in [-0.2, -0.15) is 13.5 Å². The molecule has 0 radical (unpaired) electrons. The summed E-state index contributed by atoms with van der Waals surface area (Å²) in [5.41, 5.74) is 12.3. The molecular weight excluding hydrogens is 608 g/mol. The molecule has 1 aliphatic heterocycles. The zero-order chi connectivity index (χ0) is 31.3. The number of amides is 2. The quantitative estimate of drug-likeness (QED) is 0.0660. The zero-order valence-corrected chi connectivity index (χ0v) is 24.2. The second kappa shape index (κ2) is 13.2. The average molecular weight is 637 g/mol. The van der Waals surface area contributed by atoms with Gasteiger partial charge in [-0.15, -0.1) is 11.3 Å². The van der Waals surface area contributed by atoms with Gasteiger partial charge in [-0.05, 0) is 37.6 Å². The summed E-state index contributed by atoms with van der Waals surface area (Å²) in [5.74, 6) is -3.22. The van der Waals surface area contributed by atoms with E-state index in [4.69, 9.17) is 25.6 Å². The van der Waals surface area contributed by atoms with Crippen LogP contribution in [0.2, 0.25) is 0 Å². The van der Waals surface area contributed by atoms with E-state index in [2.05, 4.69) is 20.6 Å². The van der Waals surface area contributed by atoms with Crippen molar-refractivity contribution in [3.63, 3.8) is 0 Å². The Bertz CT molecular complexity index is 1620. The van der Waals surface area contributed by atoms with Crippen molar-refractivity contribution < 1.29 is 42.0 Å². The van der Waals surface area contributed by atoms with Crippen molar-refractivity contribution >= 4 is 50.3 Å². The molecule has 0 saturated carbocycles. The summed E-state index contributed by atoms with van der Waals surface area (Å²) >= 11 is 0.957. The molecule has 0 spiro atoms. The largest absolute Gasteiger partial charge is 0.489 e. The summed E-state index contributed by atoms with van der Waals surface area (Å²) in [6.45, 7) is 2.04. The Hall–Kier alpha value is -4.59. The molecule has 4 rings (SSSR count). The van der Waals surface area contributed by atoms with Gasteiger partial charge >= 0.3 is 16.3 Å². The first-order valence-corrected chi connectivity index (χ1v) is 14.9. The van der Waals surface area contributed by atoms with Crippen molar-refractivity contribution in [2.45, 2.75) is 38.1 Å². The van der Waals surface area contributed by atoms with Crippen LogP contribution in [0.3, 0.4) is 0 Å². The number of thiazole rings is 1. The number of β-lactam (4-membered cyclic amide) rings is 1. The second-order valence-corrected chi connectivity index (χ2v) is 11.4. The van der Waals surface area contributed by atoms with Crippen LogP contribution in [-0.4, -0.2) is 92.0 Å². The third-order valence-corrected chi connectivity index (χ3v) is 7.89. The minimum absolute atomic E-state index is 0.0607. The van der Waals surface area contributed by atoms with Gasteiger partial charge in [-0.1, -0.05) is 17.3 Å². The molecule has 1 aromatic carbocycles. The standard InChI is InChI=1S/C24H28N8O9S2/c1-13-19(22(34)32(13)43(37,38)39)29-21(33)20(17-12-42-24(26)28-17)30-41-18(23(35)36)11-40-16-5-3-14(4-6-16)15-9-27-31(10-15)8-2-7-25/h3-6,9-10,12-13,18-19H,2,7-8,11,25H2,1H3,(H2,26,28)(H,29,33)(H,35,36)(H,37,38,39)/b30-20-/t13-,18?,19+/m1/s1. The molecule has 3 atom stereocenters. The van der Waals surface area contributed by atoms with Crippen molar-refractivity contribution in [1.82, 2.24) is 24.4 Å².